The molecule has 3 N–H and O–H groups in total. The van der Waals surface area contributed by atoms with Crippen molar-refractivity contribution < 1.29 is 18.7 Å². The predicted molar refractivity (Wildman–Crippen MR) is 84.1 cm³/mol. The number of aliphatic hydroxyl groups is 1. The van der Waals surface area contributed by atoms with Crippen LogP contribution in [0.1, 0.15) is 44.1 Å². The second-order valence-electron chi connectivity index (χ2n) is 6.11. The number of carbonyl (C=O) groups excluding carboxylic acids is 1. The van der Waals surface area contributed by atoms with Gasteiger partial charge in [-0.05, 0) is 37.3 Å². The Balaban J connectivity index is 1.79. The van der Waals surface area contributed by atoms with Gasteiger partial charge < -0.3 is 15.7 Å². The Hall–Kier alpha value is -1.69. The molecule has 1 aliphatic rings. The van der Waals surface area contributed by atoms with E-state index in [1.807, 2.05) is 0 Å². The maximum absolute atomic E-state index is 13.7. The van der Waals surface area contributed by atoms with Gasteiger partial charge in [0, 0.05) is 30.7 Å². The minimum Gasteiger partial charge on any atom is -0.396 e. The molecule has 0 spiro atoms. The molecule has 0 radical (unpaired) electrons. The summed E-state index contributed by atoms with van der Waals surface area (Å²) in [6.45, 7) is 2.65. The smallest absolute Gasteiger partial charge is 0.315 e. The summed E-state index contributed by atoms with van der Waals surface area (Å²) >= 11 is 0. The second-order valence-corrected chi connectivity index (χ2v) is 6.11. The van der Waals surface area contributed by atoms with E-state index in [2.05, 4.69) is 17.6 Å². The van der Waals surface area contributed by atoms with E-state index in [1.54, 1.807) is 0 Å². The molecule has 1 aromatic carbocycles. The number of rotatable bonds is 8. The summed E-state index contributed by atoms with van der Waals surface area (Å²) in [6, 6.07) is 3.24. The van der Waals surface area contributed by atoms with E-state index in [0.29, 0.717) is 19.4 Å². The normalized spacial score (nSPS) is 20.9. The highest BCUT2D eigenvalue weighted by atomic mass is 19.1. The molecule has 4 nitrogen and oxygen atoms in total. The zero-order chi connectivity index (χ0) is 16.8. The van der Waals surface area contributed by atoms with Crippen LogP contribution in [0.2, 0.25) is 0 Å². The molecule has 1 aromatic rings. The van der Waals surface area contributed by atoms with Crippen LogP contribution in [0.5, 0.6) is 0 Å². The Labute approximate surface area is 135 Å². The first-order valence-electron chi connectivity index (χ1n) is 8.15. The summed E-state index contributed by atoms with van der Waals surface area (Å²) in [4.78, 5) is 11.9. The molecule has 0 aromatic heterocycles. The number of amides is 2. The maximum Gasteiger partial charge on any atom is 0.315 e. The van der Waals surface area contributed by atoms with Crippen LogP contribution in [0.4, 0.5) is 13.6 Å². The van der Waals surface area contributed by atoms with Crippen LogP contribution in [-0.4, -0.2) is 30.3 Å². The van der Waals surface area contributed by atoms with Crippen molar-refractivity contribution in [2.75, 3.05) is 13.2 Å². The van der Waals surface area contributed by atoms with Gasteiger partial charge in [0.15, 0.2) is 0 Å². The van der Waals surface area contributed by atoms with E-state index in [4.69, 9.17) is 5.11 Å². The van der Waals surface area contributed by atoms with Crippen molar-refractivity contribution >= 4 is 6.03 Å². The lowest BCUT2D eigenvalue weighted by atomic mass is 10.0. The molecule has 2 amide bonds. The highest BCUT2D eigenvalue weighted by Gasteiger charge is 2.42. The van der Waals surface area contributed by atoms with Crippen molar-refractivity contribution in [3.63, 3.8) is 0 Å². The van der Waals surface area contributed by atoms with Gasteiger partial charge in [-0.3, -0.25) is 0 Å². The molecule has 0 bridgehead atoms. The first kappa shape index (κ1) is 17.7. The van der Waals surface area contributed by atoms with Gasteiger partial charge in [0.1, 0.15) is 11.6 Å². The van der Waals surface area contributed by atoms with Gasteiger partial charge in [-0.15, -0.1) is 0 Å². The van der Waals surface area contributed by atoms with Crippen LogP contribution in [0.25, 0.3) is 0 Å². The third-order valence-electron chi connectivity index (χ3n) is 4.26. The molecule has 3 unspecified atom stereocenters. The van der Waals surface area contributed by atoms with Crippen LogP contribution < -0.4 is 10.6 Å². The minimum absolute atomic E-state index is 0.0574. The Morgan fingerprint density at radius 3 is 2.65 bits per heavy atom. The van der Waals surface area contributed by atoms with Crippen molar-refractivity contribution in [1.82, 2.24) is 10.6 Å². The fourth-order valence-electron chi connectivity index (χ4n) is 2.93. The van der Waals surface area contributed by atoms with Gasteiger partial charge in [-0.2, -0.15) is 0 Å². The number of carbonyl (C=O) groups is 1. The molecule has 3 atom stereocenters. The molecular weight excluding hydrogens is 302 g/mol. The van der Waals surface area contributed by atoms with Crippen LogP contribution in [0.3, 0.4) is 0 Å². The number of hydrogen-bond acceptors (Lipinski definition) is 2. The monoisotopic (exact) mass is 326 g/mol. The SMILES string of the molecule is CCCC(CCO)CNC(=O)NC1CC1c1c(F)cccc1F. The summed E-state index contributed by atoms with van der Waals surface area (Å²) in [5.41, 5.74) is 0.0574. The Kier molecular flexibility index (Phi) is 6.33. The van der Waals surface area contributed by atoms with E-state index in [0.717, 1.165) is 12.8 Å². The van der Waals surface area contributed by atoms with Gasteiger partial charge in [-0.25, -0.2) is 13.6 Å². The summed E-state index contributed by atoms with van der Waals surface area (Å²) in [5, 5.41) is 14.5. The van der Waals surface area contributed by atoms with Gasteiger partial charge in [-0.1, -0.05) is 19.4 Å². The van der Waals surface area contributed by atoms with Crippen molar-refractivity contribution in [1.29, 1.82) is 0 Å². The van der Waals surface area contributed by atoms with E-state index in [1.165, 1.54) is 18.2 Å². The topological polar surface area (TPSA) is 61.4 Å². The van der Waals surface area contributed by atoms with Crippen LogP contribution in [0, 0.1) is 17.6 Å². The van der Waals surface area contributed by atoms with Gasteiger partial charge in [0.2, 0.25) is 0 Å². The van der Waals surface area contributed by atoms with Crippen molar-refractivity contribution in [2.45, 2.75) is 44.6 Å². The van der Waals surface area contributed by atoms with Crippen molar-refractivity contribution in [3.8, 4) is 0 Å². The molecular formula is C17H24F2N2O2. The van der Waals surface area contributed by atoms with Crippen LogP contribution in [-0.2, 0) is 0 Å². The van der Waals surface area contributed by atoms with E-state index >= 15 is 0 Å². The molecule has 1 aliphatic carbocycles. The zero-order valence-corrected chi connectivity index (χ0v) is 13.3. The zero-order valence-electron chi connectivity index (χ0n) is 13.3. The number of benzene rings is 1. The van der Waals surface area contributed by atoms with Crippen LogP contribution in [0.15, 0.2) is 18.2 Å². The lowest BCUT2D eigenvalue weighted by molar-refractivity contribution is 0.229. The molecule has 2 rings (SSSR count). The standard InChI is InChI=1S/C17H24F2N2O2/c1-2-4-11(7-8-22)10-20-17(23)21-15-9-12(15)16-13(18)5-3-6-14(16)19/h3,5-6,11-12,15,22H,2,4,7-10H2,1H3,(H2,20,21,23). The number of aliphatic hydroxyl groups excluding tert-OH is 1. The van der Waals surface area contributed by atoms with Gasteiger partial charge in [0.05, 0.1) is 0 Å². The maximum atomic E-state index is 13.7. The number of hydrogen-bond donors (Lipinski definition) is 3. The molecule has 0 aliphatic heterocycles. The number of halogens is 2. The number of urea groups is 1. The molecule has 0 saturated heterocycles. The van der Waals surface area contributed by atoms with E-state index in [9.17, 15) is 13.6 Å². The summed E-state index contributed by atoms with van der Waals surface area (Å²) < 4.78 is 27.4. The number of nitrogens with one attached hydrogen (secondary N) is 2. The first-order valence-corrected chi connectivity index (χ1v) is 8.15. The minimum atomic E-state index is -0.564. The molecule has 0 heterocycles. The average Bonchev–Trinajstić information content (AvgIpc) is 3.24. The third kappa shape index (κ3) is 4.89. The molecule has 128 valence electrons. The summed E-state index contributed by atoms with van der Waals surface area (Å²) in [7, 11) is 0. The lowest BCUT2D eigenvalue weighted by Gasteiger charge is -2.16. The Morgan fingerprint density at radius 1 is 1.35 bits per heavy atom. The van der Waals surface area contributed by atoms with Crippen molar-refractivity contribution in [2.24, 2.45) is 5.92 Å². The van der Waals surface area contributed by atoms with E-state index < -0.39 is 11.6 Å². The molecule has 1 fully saturated rings. The average molecular weight is 326 g/mol. The summed E-state index contributed by atoms with van der Waals surface area (Å²) in [6.07, 6.45) is 3.12. The van der Waals surface area contributed by atoms with E-state index in [-0.39, 0.29) is 36.1 Å². The largest absolute Gasteiger partial charge is 0.396 e. The Bertz CT molecular complexity index is 513. The summed E-state index contributed by atoms with van der Waals surface area (Å²) in [5.74, 6) is -1.18. The van der Waals surface area contributed by atoms with Crippen LogP contribution >= 0.6 is 0 Å². The molecule has 6 heteroatoms. The third-order valence-corrected chi connectivity index (χ3v) is 4.26. The second kappa shape index (κ2) is 8.24. The predicted octanol–water partition coefficient (Wildman–Crippen LogP) is 2.92. The molecule has 23 heavy (non-hydrogen) atoms. The van der Waals surface area contributed by atoms with Gasteiger partial charge in [0.25, 0.3) is 0 Å². The quantitative estimate of drug-likeness (QED) is 0.688. The Morgan fingerprint density at radius 2 is 2.04 bits per heavy atom. The van der Waals surface area contributed by atoms with Crippen molar-refractivity contribution in [3.05, 3.63) is 35.4 Å². The fourth-order valence-corrected chi connectivity index (χ4v) is 2.93. The lowest BCUT2D eigenvalue weighted by Crippen LogP contribution is -2.40. The fraction of sp³-hybridized carbons (Fsp3) is 0.588. The highest BCUT2D eigenvalue weighted by molar-refractivity contribution is 5.74. The van der Waals surface area contributed by atoms with Gasteiger partial charge >= 0.3 is 6.03 Å². The highest BCUT2D eigenvalue weighted by Crippen LogP contribution is 2.42. The molecule has 1 saturated carbocycles. The first-order chi connectivity index (χ1) is 11.1.